The van der Waals surface area contributed by atoms with Gasteiger partial charge in [-0.1, -0.05) is 23.2 Å². The highest BCUT2D eigenvalue weighted by Crippen LogP contribution is 2.32. The number of aromatic nitrogens is 4. The SMILES string of the molecule is CS(=O)(=O)CC[C@H](Nc1nc[n+]([O-])c2cc(C(=O)N3CCC[C@@H]3CN)c(Cl)cc12)c1nc2cc(Cl)ccc2[nH]1. The molecule has 1 aliphatic heterocycles. The molecule has 0 radical (unpaired) electrons. The summed E-state index contributed by atoms with van der Waals surface area (Å²) in [4.78, 5) is 27.1. The van der Waals surface area contributed by atoms with Gasteiger partial charge in [0.05, 0.1) is 38.8 Å². The third kappa shape index (κ3) is 5.74. The number of sulfone groups is 1. The zero-order valence-corrected chi connectivity index (χ0v) is 23.4. The Morgan fingerprint density at radius 2 is 2.13 bits per heavy atom. The molecule has 1 aliphatic rings. The fourth-order valence-corrected chi connectivity index (χ4v) is 5.97. The van der Waals surface area contributed by atoms with E-state index in [9.17, 15) is 18.4 Å². The molecule has 3 heterocycles. The first-order valence-corrected chi connectivity index (χ1v) is 15.2. The second-order valence-electron chi connectivity index (χ2n) is 9.70. The number of likely N-dealkylation sites (tertiary alicyclic amines) is 1. The Bertz CT molecular complexity index is 1680. The predicted molar refractivity (Wildman–Crippen MR) is 151 cm³/mol. The summed E-state index contributed by atoms with van der Waals surface area (Å²) in [6.45, 7) is 0.916. The number of hydrogen-bond acceptors (Lipinski definition) is 8. The number of halogens is 2. The van der Waals surface area contributed by atoms with Gasteiger partial charge in [0.1, 0.15) is 21.2 Å². The van der Waals surface area contributed by atoms with Gasteiger partial charge < -0.3 is 26.1 Å². The number of aromatic amines is 1. The summed E-state index contributed by atoms with van der Waals surface area (Å²) in [7, 11) is -3.29. The van der Waals surface area contributed by atoms with Crippen LogP contribution in [-0.2, 0) is 9.84 Å². The summed E-state index contributed by atoms with van der Waals surface area (Å²) in [6, 6.07) is 7.50. The topological polar surface area (TPSA) is 161 Å². The molecule has 0 spiro atoms. The number of nitrogens with zero attached hydrogens (tertiary/aromatic N) is 4. The van der Waals surface area contributed by atoms with E-state index in [1.165, 1.54) is 12.1 Å². The number of amides is 1. The van der Waals surface area contributed by atoms with Crippen LogP contribution in [0.5, 0.6) is 0 Å². The van der Waals surface area contributed by atoms with Crippen LogP contribution in [-0.4, -0.2) is 65.3 Å². The Morgan fingerprint density at radius 3 is 2.87 bits per heavy atom. The second-order valence-corrected chi connectivity index (χ2v) is 12.8. The normalized spacial score (nSPS) is 16.7. The lowest BCUT2D eigenvalue weighted by Gasteiger charge is -2.24. The highest BCUT2D eigenvalue weighted by molar-refractivity contribution is 7.90. The van der Waals surface area contributed by atoms with Gasteiger partial charge in [-0.15, -0.1) is 0 Å². The Morgan fingerprint density at radius 1 is 1.33 bits per heavy atom. The molecule has 2 atom stereocenters. The van der Waals surface area contributed by atoms with Crippen molar-refractivity contribution in [3.63, 3.8) is 0 Å². The van der Waals surface area contributed by atoms with Crippen molar-refractivity contribution in [1.82, 2.24) is 19.9 Å². The van der Waals surface area contributed by atoms with Gasteiger partial charge in [0.15, 0.2) is 0 Å². The Hall–Kier alpha value is -3.19. The van der Waals surface area contributed by atoms with E-state index >= 15 is 0 Å². The van der Waals surface area contributed by atoms with E-state index in [2.05, 4.69) is 20.3 Å². The average molecular weight is 593 g/mol. The number of rotatable bonds is 8. The molecule has 0 aliphatic carbocycles. The van der Waals surface area contributed by atoms with Gasteiger partial charge in [0, 0.05) is 36.5 Å². The van der Waals surface area contributed by atoms with E-state index in [-0.39, 0.29) is 46.0 Å². The number of benzene rings is 2. The van der Waals surface area contributed by atoms with E-state index in [0.29, 0.717) is 39.6 Å². The largest absolute Gasteiger partial charge is 0.710 e. The number of anilines is 1. The number of fused-ring (bicyclic) bond motifs is 2. The maximum atomic E-state index is 13.3. The van der Waals surface area contributed by atoms with E-state index in [1.807, 2.05) is 0 Å². The van der Waals surface area contributed by atoms with Crippen LogP contribution < -0.4 is 15.8 Å². The van der Waals surface area contributed by atoms with Crippen molar-refractivity contribution in [2.24, 2.45) is 5.73 Å². The fourth-order valence-electron chi connectivity index (χ4n) is 4.90. The van der Waals surface area contributed by atoms with Crippen molar-refractivity contribution < 1.29 is 17.9 Å². The summed E-state index contributed by atoms with van der Waals surface area (Å²) in [5, 5.41) is 17.0. The summed E-state index contributed by atoms with van der Waals surface area (Å²) in [6.07, 6.45) is 4.07. The highest BCUT2D eigenvalue weighted by Gasteiger charge is 2.31. The summed E-state index contributed by atoms with van der Waals surface area (Å²) in [5.74, 6) is 0.361. The van der Waals surface area contributed by atoms with Gasteiger partial charge in [0.2, 0.25) is 0 Å². The molecule has 2 aromatic carbocycles. The van der Waals surface area contributed by atoms with Crippen LogP contribution in [0.2, 0.25) is 10.0 Å². The van der Waals surface area contributed by atoms with Crippen LogP contribution in [0.3, 0.4) is 0 Å². The summed E-state index contributed by atoms with van der Waals surface area (Å²) < 4.78 is 24.6. The number of hydrogen-bond donors (Lipinski definition) is 3. The lowest BCUT2D eigenvalue weighted by molar-refractivity contribution is -0.580. The van der Waals surface area contributed by atoms with E-state index in [1.54, 1.807) is 23.1 Å². The highest BCUT2D eigenvalue weighted by atomic mass is 35.5. The smallest absolute Gasteiger partial charge is 0.292 e. The molecule has 0 saturated carbocycles. The van der Waals surface area contributed by atoms with Crippen LogP contribution in [0.25, 0.3) is 21.9 Å². The minimum Gasteiger partial charge on any atom is -0.710 e. The molecule has 2 aromatic heterocycles. The molecule has 4 N–H and O–H groups in total. The van der Waals surface area contributed by atoms with Crippen molar-refractivity contribution >= 4 is 66.7 Å². The first kappa shape index (κ1) is 27.4. The van der Waals surface area contributed by atoms with Gasteiger partial charge in [-0.3, -0.25) is 4.79 Å². The fraction of sp³-hybridized carbons (Fsp3) is 0.360. The third-order valence-electron chi connectivity index (χ3n) is 6.89. The molecule has 1 fully saturated rings. The average Bonchev–Trinajstić information content (AvgIpc) is 3.53. The first-order valence-electron chi connectivity index (χ1n) is 12.4. The minimum atomic E-state index is -3.29. The van der Waals surface area contributed by atoms with Crippen LogP contribution in [0.4, 0.5) is 5.82 Å². The molecule has 0 bridgehead atoms. The second kappa shape index (κ2) is 10.8. The van der Waals surface area contributed by atoms with E-state index in [0.717, 1.165) is 30.9 Å². The molecule has 5 rings (SSSR count). The zero-order valence-electron chi connectivity index (χ0n) is 21.0. The molecular weight excluding hydrogens is 565 g/mol. The molecule has 1 amide bonds. The van der Waals surface area contributed by atoms with E-state index < -0.39 is 15.9 Å². The van der Waals surface area contributed by atoms with Crippen molar-refractivity contribution in [2.75, 3.05) is 30.4 Å². The molecule has 14 heteroatoms. The lowest BCUT2D eigenvalue weighted by Crippen LogP contribution is -2.40. The minimum absolute atomic E-state index is 0.0763. The quantitative estimate of drug-likeness (QED) is 0.208. The summed E-state index contributed by atoms with van der Waals surface area (Å²) >= 11 is 12.7. The van der Waals surface area contributed by atoms with Crippen LogP contribution in [0, 0.1) is 5.21 Å². The summed E-state index contributed by atoms with van der Waals surface area (Å²) in [5.41, 5.74) is 7.58. The van der Waals surface area contributed by atoms with Gasteiger partial charge in [-0.25, -0.2) is 18.1 Å². The van der Waals surface area contributed by atoms with Crippen LogP contribution in [0.1, 0.15) is 41.5 Å². The predicted octanol–water partition coefficient (Wildman–Crippen LogP) is 3.20. The molecule has 0 unspecified atom stereocenters. The van der Waals surface area contributed by atoms with Crippen molar-refractivity contribution in [2.45, 2.75) is 31.3 Å². The van der Waals surface area contributed by atoms with E-state index in [4.69, 9.17) is 28.9 Å². The molecule has 1 saturated heterocycles. The number of carbonyl (C=O) groups is 1. The Labute approximate surface area is 234 Å². The number of nitrogens with one attached hydrogen (secondary N) is 2. The third-order valence-corrected chi connectivity index (χ3v) is 8.42. The van der Waals surface area contributed by atoms with Crippen molar-refractivity contribution in [3.05, 3.63) is 63.3 Å². The van der Waals surface area contributed by atoms with Crippen molar-refractivity contribution in [3.8, 4) is 0 Å². The first-order chi connectivity index (χ1) is 18.5. The van der Waals surface area contributed by atoms with Gasteiger partial charge in [-0.2, -0.15) is 0 Å². The number of imidazole rings is 1. The molecule has 206 valence electrons. The lowest BCUT2D eigenvalue weighted by atomic mass is 10.1. The zero-order chi connectivity index (χ0) is 27.9. The van der Waals surface area contributed by atoms with Gasteiger partial charge in [0.25, 0.3) is 18.1 Å². The van der Waals surface area contributed by atoms with Crippen LogP contribution in [0.15, 0.2) is 36.7 Å². The Balaban J connectivity index is 1.54. The van der Waals surface area contributed by atoms with Crippen LogP contribution >= 0.6 is 23.2 Å². The number of carbonyl (C=O) groups excluding carboxylic acids is 1. The monoisotopic (exact) mass is 591 g/mol. The maximum Gasteiger partial charge on any atom is 0.292 e. The number of H-pyrrole nitrogens is 1. The molecule has 39 heavy (non-hydrogen) atoms. The molecular formula is C25H27Cl2N7O4S. The van der Waals surface area contributed by atoms with Gasteiger partial charge in [-0.05, 0) is 48.5 Å². The van der Waals surface area contributed by atoms with Gasteiger partial charge >= 0.3 is 0 Å². The maximum absolute atomic E-state index is 13.3. The molecule has 11 nitrogen and oxygen atoms in total. The number of nitrogens with two attached hydrogens (primary N) is 1. The van der Waals surface area contributed by atoms with Crippen molar-refractivity contribution in [1.29, 1.82) is 0 Å². The Kier molecular flexibility index (Phi) is 7.55. The molecule has 4 aromatic rings. The standard InChI is InChI=1S/C25H27Cl2N7O4S/c1-39(37,38)8-6-20(24-30-19-5-4-14(26)9-21(19)32-24)31-23-17-10-18(27)16(11-22(17)34(36)13-29-23)25(35)33-7-2-3-15(33)12-28/h4-5,9-11,13,15,20H,2-3,6-8,12,28H2,1H3,(H,29,31)(H,30,32)/t15-,20+/m1/s1.